The quantitative estimate of drug-likeness (QED) is 0.822. The third-order valence-electron chi connectivity index (χ3n) is 5.62. The normalized spacial score (nSPS) is 19.7. The molecule has 3 heterocycles. The molecule has 2 aromatic rings. The lowest BCUT2D eigenvalue weighted by atomic mass is 10.0. The second-order valence-electron chi connectivity index (χ2n) is 7.43. The molecule has 1 unspecified atom stereocenters. The van der Waals surface area contributed by atoms with Gasteiger partial charge >= 0.3 is 0 Å². The predicted molar refractivity (Wildman–Crippen MR) is 103 cm³/mol. The smallest absolute Gasteiger partial charge is 0.241 e. The Morgan fingerprint density at radius 3 is 2.67 bits per heavy atom. The third kappa shape index (κ3) is 3.89. The van der Waals surface area contributed by atoms with E-state index in [0.29, 0.717) is 18.3 Å². The van der Waals surface area contributed by atoms with Crippen molar-refractivity contribution in [2.45, 2.75) is 32.7 Å². The molecule has 1 amide bonds. The molecular formula is C20H27N5O2. The summed E-state index contributed by atoms with van der Waals surface area (Å²) in [5, 5.41) is 8.06. The van der Waals surface area contributed by atoms with E-state index in [9.17, 15) is 4.79 Å². The van der Waals surface area contributed by atoms with Gasteiger partial charge in [0.25, 0.3) is 0 Å². The van der Waals surface area contributed by atoms with Gasteiger partial charge in [-0.05, 0) is 31.4 Å². The van der Waals surface area contributed by atoms with Crippen LogP contribution in [0.25, 0.3) is 0 Å². The first-order valence-electron chi connectivity index (χ1n) is 9.76. The number of carbonyl (C=O) groups is 1. The van der Waals surface area contributed by atoms with Crippen LogP contribution >= 0.6 is 0 Å². The zero-order chi connectivity index (χ0) is 18.8. The molecule has 0 N–H and O–H groups in total. The van der Waals surface area contributed by atoms with Gasteiger partial charge in [-0.15, -0.1) is 10.2 Å². The Hall–Kier alpha value is -2.25. The number of benzene rings is 1. The molecule has 4 rings (SSSR count). The van der Waals surface area contributed by atoms with E-state index in [1.54, 1.807) is 0 Å². The average Bonchev–Trinajstić information content (AvgIpc) is 3.14. The standard InChI is InChI=1S/C20H27N5O2/c1-15(20-22-21-16(2)27-20)24-12-10-23(11-13-24)14-19(26)25-9-5-7-17-6-3-4-8-18(17)25/h3-4,6,8,15H,5,7,9-14H2,1-2H3. The molecule has 1 aromatic heterocycles. The van der Waals surface area contributed by atoms with Crippen LogP contribution in [0.5, 0.6) is 0 Å². The van der Waals surface area contributed by atoms with Crippen LogP contribution in [0.4, 0.5) is 5.69 Å². The summed E-state index contributed by atoms with van der Waals surface area (Å²) in [4.78, 5) is 19.5. The van der Waals surface area contributed by atoms with Crippen molar-refractivity contribution in [3.05, 3.63) is 41.6 Å². The van der Waals surface area contributed by atoms with Gasteiger partial charge in [0.1, 0.15) is 0 Å². The number of anilines is 1. The molecule has 27 heavy (non-hydrogen) atoms. The summed E-state index contributed by atoms with van der Waals surface area (Å²) < 4.78 is 5.56. The second kappa shape index (κ2) is 7.78. The molecule has 1 saturated heterocycles. The van der Waals surface area contributed by atoms with Crippen LogP contribution in [0.1, 0.15) is 36.7 Å². The number of rotatable bonds is 4. The Kier molecular flexibility index (Phi) is 5.22. The van der Waals surface area contributed by atoms with Crippen molar-refractivity contribution in [1.82, 2.24) is 20.0 Å². The van der Waals surface area contributed by atoms with Crippen LogP contribution in [0.3, 0.4) is 0 Å². The van der Waals surface area contributed by atoms with Crippen molar-refractivity contribution in [1.29, 1.82) is 0 Å². The van der Waals surface area contributed by atoms with E-state index in [2.05, 4.69) is 45.1 Å². The highest BCUT2D eigenvalue weighted by Gasteiger charge is 2.28. The van der Waals surface area contributed by atoms with Crippen LogP contribution in [-0.4, -0.2) is 65.2 Å². The van der Waals surface area contributed by atoms with Gasteiger partial charge in [0.05, 0.1) is 12.6 Å². The minimum absolute atomic E-state index is 0.109. The number of carbonyl (C=O) groups excluding carboxylic acids is 1. The van der Waals surface area contributed by atoms with Gasteiger partial charge in [-0.1, -0.05) is 18.2 Å². The minimum Gasteiger partial charge on any atom is -0.424 e. The van der Waals surface area contributed by atoms with E-state index in [0.717, 1.165) is 51.3 Å². The summed E-state index contributed by atoms with van der Waals surface area (Å²) in [5.74, 6) is 1.47. The Bertz CT molecular complexity index is 797. The molecular weight excluding hydrogens is 342 g/mol. The van der Waals surface area contributed by atoms with Crippen LogP contribution < -0.4 is 4.90 Å². The fourth-order valence-corrected chi connectivity index (χ4v) is 4.01. The summed E-state index contributed by atoms with van der Waals surface area (Å²) in [6.07, 6.45) is 2.10. The lowest BCUT2D eigenvalue weighted by Gasteiger charge is -2.38. The first-order chi connectivity index (χ1) is 13.1. The molecule has 0 radical (unpaired) electrons. The molecule has 2 aliphatic heterocycles. The number of fused-ring (bicyclic) bond motifs is 1. The van der Waals surface area contributed by atoms with Crippen molar-refractivity contribution in [2.24, 2.45) is 0 Å². The van der Waals surface area contributed by atoms with E-state index in [1.165, 1.54) is 5.56 Å². The fourth-order valence-electron chi connectivity index (χ4n) is 4.01. The Labute approximate surface area is 159 Å². The molecule has 0 spiro atoms. The highest BCUT2D eigenvalue weighted by molar-refractivity contribution is 5.95. The number of piperazine rings is 1. The van der Waals surface area contributed by atoms with Gasteiger partial charge in [-0.25, -0.2) is 0 Å². The minimum atomic E-state index is 0.109. The van der Waals surface area contributed by atoms with E-state index in [-0.39, 0.29) is 11.9 Å². The first-order valence-corrected chi connectivity index (χ1v) is 9.76. The number of hydrogen-bond acceptors (Lipinski definition) is 6. The Balaban J connectivity index is 1.32. The molecule has 2 aliphatic rings. The lowest BCUT2D eigenvalue weighted by Crippen LogP contribution is -2.51. The maximum Gasteiger partial charge on any atom is 0.241 e. The van der Waals surface area contributed by atoms with Gasteiger partial charge in [-0.2, -0.15) is 0 Å². The van der Waals surface area contributed by atoms with Crippen molar-refractivity contribution < 1.29 is 9.21 Å². The van der Waals surface area contributed by atoms with Crippen LogP contribution in [-0.2, 0) is 11.2 Å². The maximum atomic E-state index is 12.9. The fraction of sp³-hybridized carbons (Fsp3) is 0.550. The monoisotopic (exact) mass is 369 g/mol. The lowest BCUT2D eigenvalue weighted by molar-refractivity contribution is -0.120. The summed E-state index contributed by atoms with van der Waals surface area (Å²) in [5.41, 5.74) is 2.37. The topological polar surface area (TPSA) is 65.7 Å². The number of amides is 1. The first kappa shape index (κ1) is 18.1. The molecule has 0 bridgehead atoms. The molecule has 1 fully saturated rings. The third-order valence-corrected chi connectivity index (χ3v) is 5.62. The molecule has 1 atom stereocenters. The molecule has 7 nitrogen and oxygen atoms in total. The highest BCUT2D eigenvalue weighted by Crippen LogP contribution is 2.27. The van der Waals surface area contributed by atoms with E-state index < -0.39 is 0 Å². The second-order valence-corrected chi connectivity index (χ2v) is 7.43. The van der Waals surface area contributed by atoms with Gasteiger partial charge < -0.3 is 9.32 Å². The number of para-hydroxylation sites is 1. The summed E-state index contributed by atoms with van der Waals surface area (Å²) >= 11 is 0. The van der Waals surface area contributed by atoms with E-state index in [1.807, 2.05) is 17.9 Å². The Morgan fingerprint density at radius 1 is 1.15 bits per heavy atom. The van der Waals surface area contributed by atoms with Gasteiger partial charge in [0.15, 0.2) is 0 Å². The van der Waals surface area contributed by atoms with Crippen LogP contribution in [0, 0.1) is 6.92 Å². The molecule has 7 heteroatoms. The molecule has 0 saturated carbocycles. The van der Waals surface area contributed by atoms with E-state index >= 15 is 0 Å². The van der Waals surface area contributed by atoms with Crippen molar-refractivity contribution in [2.75, 3.05) is 44.2 Å². The summed E-state index contributed by atoms with van der Waals surface area (Å²) in [6.45, 7) is 8.75. The largest absolute Gasteiger partial charge is 0.424 e. The zero-order valence-electron chi connectivity index (χ0n) is 16.1. The molecule has 1 aromatic carbocycles. The summed E-state index contributed by atoms with van der Waals surface area (Å²) in [7, 11) is 0. The van der Waals surface area contributed by atoms with Gasteiger partial charge in [0, 0.05) is 45.3 Å². The van der Waals surface area contributed by atoms with Gasteiger partial charge in [-0.3, -0.25) is 14.6 Å². The van der Waals surface area contributed by atoms with Crippen molar-refractivity contribution in [3.8, 4) is 0 Å². The number of hydrogen-bond donors (Lipinski definition) is 0. The molecule has 0 aliphatic carbocycles. The number of nitrogens with zero attached hydrogens (tertiary/aromatic N) is 5. The Morgan fingerprint density at radius 2 is 1.93 bits per heavy atom. The summed E-state index contributed by atoms with van der Waals surface area (Å²) in [6, 6.07) is 8.38. The van der Waals surface area contributed by atoms with Gasteiger partial charge in [0.2, 0.25) is 17.7 Å². The predicted octanol–water partition coefficient (Wildman–Crippen LogP) is 2.04. The maximum absolute atomic E-state index is 12.9. The average molecular weight is 369 g/mol. The van der Waals surface area contributed by atoms with Crippen LogP contribution in [0.15, 0.2) is 28.7 Å². The van der Waals surface area contributed by atoms with Crippen molar-refractivity contribution in [3.63, 3.8) is 0 Å². The molecule has 144 valence electrons. The van der Waals surface area contributed by atoms with Crippen LogP contribution in [0.2, 0.25) is 0 Å². The van der Waals surface area contributed by atoms with Crippen molar-refractivity contribution >= 4 is 11.6 Å². The highest BCUT2D eigenvalue weighted by atomic mass is 16.4. The number of aromatic nitrogens is 2. The SMILES string of the molecule is Cc1nnc(C(C)N2CCN(CC(=O)N3CCCc4ccccc43)CC2)o1. The van der Waals surface area contributed by atoms with E-state index in [4.69, 9.17) is 4.42 Å². The zero-order valence-corrected chi connectivity index (χ0v) is 16.1. The number of aryl methyl sites for hydroxylation is 2.